The number of aliphatic hydroxyl groups is 1. The van der Waals surface area contributed by atoms with Crippen molar-refractivity contribution in [2.45, 2.75) is 20.0 Å². The van der Waals surface area contributed by atoms with Crippen LogP contribution in [-0.2, 0) is 4.84 Å². The number of carbonyl (C=O) groups excluding carboxylic acids is 1. The molecule has 0 fully saturated rings. The molecule has 1 aromatic carbocycles. The Hall–Kier alpha value is -1.37. The van der Waals surface area contributed by atoms with Gasteiger partial charge in [-0.2, -0.15) is 0 Å². The van der Waals surface area contributed by atoms with Gasteiger partial charge in [0.15, 0.2) is 0 Å². The minimum absolute atomic E-state index is 0.0197. The second-order valence-corrected chi connectivity index (χ2v) is 5.11. The zero-order valence-corrected chi connectivity index (χ0v) is 12.1. The number of amides is 2. The van der Waals surface area contributed by atoms with E-state index in [2.05, 4.69) is 10.8 Å². The molecule has 0 saturated carbocycles. The number of rotatable bonds is 6. The van der Waals surface area contributed by atoms with Crippen LogP contribution in [-0.4, -0.2) is 24.3 Å². The van der Waals surface area contributed by atoms with Crippen molar-refractivity contribution in [1.29, 1.82) is 0 Å². The molecule has 1 atom stereocenters. The van der Waals surface area contributed by atoms with E-state index in [4.69, 9.17) is 16.4 Å². The van der Waals surface area contributed by atoms with Gasteiger partial charge >= 0.3 is 6.03 Å². The predicted molar refractivity (Wildman–Crippen MR) is 73.7 cm³/mol. The van der Waals surface area contributed by atoms with Crippen molar-refractivity contribution < 1.29 is 19.1 Å². The fourth-order valence-electron chi connectivity index (χ4n) is 1.34. The van der Waals surface area contributed by atoms with Crippen molar-refractivity contribution in [3.8, 4) is 0 Å². The number of hydrogen-bond donors (Lipinski definition) is 3. The molecule has 1 rings (SSSR count). The summed E-state index contributed by atoms with van der Waals surface area (Å²) in [6.07, 6.45) is -1.03. The van der Waals surface area contributed by atoms with Gasteiger partial charge in [-0.15, -0.1) is 0 Å². The summed E-state index contributed by atoms with van der Waals surface area (Å²) in [5.41, 5.74) is 2.51. The van der Waals surface area contributed by atoms with Gasteiger partial charge in [-0.25, -0.2) is 14.7 Å². The van der Waals surface area contributed by atoms with Crippen LogP contribution in [0, 0.1) is 11.7 Å². The highest BCUT2D eigenvalue weighted by molar-refractivity contribution is 6.30. The van der Waals surface area contributed by atoms with E-state index in [1.807, 2.05) is 13.8 Å². The van der Waals surface area contributed by atoms with E-state index in [9.17, 15) is 14.3 Å². The summed E-state index contributed by atoms with van der Waals surface area (Å²) >= 11 is 5.54. The smallest absolute Gasteiger partial charge is 0.338 e. The standard InChI is InChI=1S/C13H18ClFN2O3/c1-8(2)7-20-17-13(19)16-6-12(18)9-3-4-10(14)11(15)5-9/h3-5,8,12,18H,6-7H2,1-2H3,(H2,16,17,19)/t12-/m0/s1. The average molecular weight is 305 g/mol. The second-order valence-electron chi connectivity index (χ2n) is 4.71. The Morgan fingerprint density at radius 3 is 2.80 bits per heavy atom. The van der Waals surface area contributed by atoms with Crippen molar-refractivity contribution in [3.05, 3.63) is 34.6 Å². The predicted octanol–water partition coefficient (Wildman–Crippen LogP) is 2.40. The van der Waals surface area contributed by atoms with E-state index < -0.39 is 18.0 Å². The molecule has 3 N–H and O–H groups in total. The van der Waals surface area contributed by atoms with Crippen LogP contribution in [0.25, 0.3) is 0 Å². The maximum Gasteiger partial charge on any atom is 0.338 e. The molecule has 1 aromatic rings. The largest absolute Gasteiger partial charge is 0.387 e. The molecule has 0 heterocycles. The number of hydrogen-bond acceptors (Lipinski definition) is 3. The lowest BCUT2D eigenvalue weighted by Gasteiger charge is -2.13. The summed E-state index contributed by atoms with van der Waals surface area (Å²) in [6, 6.07) is 3.40. The molecule has 112 valence electrons. The Balaban J connectivity index is 2.37. The van der Waals surface area contributed by atoms with Gasteiger partial charge in [0.2, 0.25) is 0 Å². The number of hydroxylamine groups is 1. The van der Waals surface area contributed by atoms with E-state index >= 15 is 0 Å². The molecular formula is C13H18ClFN2O3. The second kappa shape index (κ2) is 8.04. The SMILES string of the molecule is CC(C)CONC(=O)NC[C@H](O)c1ccc(Cl)c(F)c1. The molecule has 0 bridgehead atoms. The Bertz CT molecular complexity index is 457. The quantitative estimate of drug-likeness (QED) is 0.707. The number of carbonyl (C=O) groups is 1. The van der Waals surface area contributed by atoms with E-state index in [-0.39, 0.29) is 17.5 Å². The molecule has 7 heteroatoms. The number of benzene rings is 1. The highest BCUT2D eigenvalue weighted by Gasteiger charge is 2.11. The molecule has 0 unspecified atom stereocenters. The molecule has 0 aliphatic carbocycles. The number of halogens is 2. The monoisotopic (exact) mass is 304 g/mol. The lowest BCUT2D eigenvalue weighted by atomic mass is 10.1. The summed E-state index contributed by atoms with van der Waals surface area (Å²) in [5.74, 6) is -0.328. The molecule has 0 aromatic heterocycles. The first-order valence-corrected chi connectivity index (χ1v) is 6.56. The third-order valence-corrected chi connectivity index (χ3v) is 2.67. The topological polar surface area (TPSA) is 70.6 Å². The van der Waals surface area contributed by atoms with Gasteiger partial charge in [0.25, 0.3) is 0 Å². The van der Waals surface area contributed by atoms with Gasteiger partial charge in [0, 0.05) is 6.54 Å². The van der Waals surface area contributed by atoms with Crippen molar-refractivity contribution in [2.75, 3.05) is 13.2 Å². The van der Waals surface area contributed by atoms with Crippen molar-refractivity contribution in [2.24, 2.45) is 5.92 Å². The molecular weight excluding hydrogens is 287 g/mol. The first kappa shape index (κ1) is 16.7. The van der Waals surface area contributed by atoms with Crippen LogP contribution in [0.3, 0.4) is 0 Å². The lowest BCUT2D eigenvalue weighted by Crippen LogP contribution is -2.38. The van der Waals surface area contributed by atoms with Crippen LogP contribution in [0.1, 0.15) is 25.5 Å². The summed E-state index contributed by atoms with van der Waals surface area (Å²) in [5, 5.41) is 12.2. The fourth-order valence-corrected chi connectivity index (χ4v) is 1.45. The van der Waals surface area contributed by atoms with Crippen molar-refractivity contribution >= 4 is 17.6 Å². The number of aliphatic hydroxyl groups excluding tert-OH is 1. The third kappa shape index (κ3) is 5.73. The fraction of sp³-hybridized carbons (Fsp3) is 0.462. The van der Waals surface area contributed by atoms with E-state index in [1.165, 1.54) is 12.1 Å². The maximum absolute atomic E-state index is 13.2. The minimum Gasteiger partial charge on any atom is -0.387 e. The van der Waals surface area contributed by atoms with Gasteiger partial charge in [-0.1, -0.05) is 31.5 Å². The zero-order valence-electron chi connectivity index (χ0n) is 11.3. The number of urea groups is 1. The Labute approximate surface area is 122 Å². The van der Waals surface area contributed by atoms with E-state index in [0.717, 1.165) is 6.07 Å². The lowest BCUT2D eigenvalue weighted by molar-refractivity contribution is 0.0429. The van der Waals surface area contributed by atoms with Crippen molar-refractivity contribution in [1.82, 2.24) is 10.8 Å². The van der Waals surface area contributed by atoms with E-state index in [1.54, 1.807) is 0 Å². The van der Waals surface area contributed by atoms with Gasteiger partial charge in [0.1, 0.15) is 5.82 Å². The van der Waals surface area contributed by atoms with Gasteiger partial charge in [-0.3, -0.25) is 4.84 Å². The molecule has 0 saturated heterocycles. The maximum atomic E-state index is 13.2. The number of nitrogens with one attached hydrogen (secondary N) is 2. The Morgan fingerprint density at radius 2 is 2.20 bits per heavy atom. The molecule has 0 radical (unpaired) electrons. The normalized spacial score (nSPS) is 12.3. The van der Waals surface area contributed by atoms with Gasteiger partial charge in [0.05, 0.1) is 17.7 Å². The summed E-state index contributed by atoms with van der Waals surface area (Å²) in [6.45, 7) is 4.20. The highest BCUT2D eigenvalue weighted by atomic mass is 35.5. The summed E-state index contributed by atoms with van der Waals surface area (Å²) in [7, 11) is 0. The first-order chi connectivity index (χ1) is 9.40. The Kier molecular flexibility index (Phi) is 6.70. The van der Waals surface area contributed by atoms with Crippen LogP contribution < -0.4 is 10.8 Å². The van der Waals surface area contributed by atoms with Crippen LogP contribution in [0.15, 0.2) is 18.2 Å². The average Bonchev–Trinajstić information content (AvgIpc) is 2.38. The van der Waals surface area contributed by atoms with Crippen molar-refractivity contribution in [3.63, 3.8) is 0 Å². The van der Waals surface area contributed by atoms with Crippen LogP contribution in [0.2, 0.25) is 5.02 Å². The van der Waals surface area contributed by atoms with Gasteiger partial charge in [-0.05, 0) is 23.6 Å². The molecule has 0 aliphatic heterocycles. The zero-order chi connectivity index (χ0) is 15.1. The summed E-state index contributed by atoms with van der Waals surface area (Å²) < 4.78 is 13.2. The molecule has 0 aliphatic rings. The summed E-state index contributed by atoms with van der Waals surface area (Å²) in [4.78, 5) is 16.2. The van der Waals surface area contributed by atoms with Crippen LogP contribution >= 0.6 is 11.6 Å². The molecule has 5 nitrogen and oxygen atoms in total. The molecule has 20 heavy (non-hydrogen) atoms. The highest BCUT2D eigenvalue weighted by Crippen LogP contribution is 2.19. The van der Waals surface area contributed by atoms with Gasteiger partial charge < -0.3 is 10.4 Å². The molecule has 0 spiro atoms. The molecule has 2 amide bonds. The minimum atomic E-state index is -1.03. The van der Waals surface area contributed by atoms with Crippen LogP contribution in [0.4, 0.5) is 9.18 Å². The third-order valence-electron chi connectivity index (χ3n) is 2.37. The Morgan fingerprint density at radius 1 is 1.50 bits per heavy atom. The van der Waals surface area contributed by atoms with Crippen LogP contribution in [0.5, 0.6) is 0 Å². The van der Waals surface area contributed by atoms with E-state index in [0.29, 0.717) is 12.2 Å². The first-order valence-electron chi connectivity index (χ1n) is 6.18.